The third-order valence-electron chi connectivity index (χ3n) is 3.55. The predicted molar refractivity (Wildman–Crippen MR) is 76.5 cm³/mol. The Morgan fingerprint density at radius 1 is 1.42 bits per heavy atom. The molecule has 2 unspecified atom stereocenters. The van der Waals surface area contributed by atoms with Crippen LogP contribution in [0.2, 0.25) is 0 Å². The van der Waals surface area contributed by atoms with Crippen molar-refractivity contribution in [2.75, 3.05) is 5.32 Å². The van der Waals surface area contributed by atoms with Gasteiger partial charge >= 0.3 is 0 Å². The largest absolute Gasteiger partial charge is 0.388 e. The Morgan fingerprint density at radius 2 is 2.26 bits per heavy atom. The number of benzene rings is 1. The molecule has 0 radical (unpaired) electrons. The lowest BCUT2D eigenvalue weighted by Crippen LogP contribution is -2.08. The zero-order chi connectivity index (χ0) is 13.4. The summed E-state index contributed by atoms with van der Waals surface area (Å²) in [7, 11) is 0. The second-order valence-corrected chi connectivity index (χ2v) is 5.89. The Bertz CT molecular complexity index is 607. The van der Waals surface area contributed by atoms with E-state index in [2.05, 4.69) is 5.32 Å². The summed E-state index contributed by atoms with van der Waals surface area (Å²) < 4.78 is 0. The Kier molecular flexibility index (Phi) is 3.12. The van der Waals surface area contributed by atoms with Crippen molar-refractivity contribution in [3.63, 3.8) is 0 Å². The van der Waals surface area contributed by atoms with Crippen molar-refractivity contribution in [2.45, 2.75) is 25.4 Å². The van der Waals surface area contributed by atoms with Gasteiger partial charge in [-0.15, -0.1) is 11.3 Å². The van der Waals surface area contributed by atoms with Crippen molar-refractivity contribution in [1.29, 1.82) is 0 Å². The van der Waals surface area contributed by atoms with Gasteiger partial charge in [0.2, 0.25) is 5.91 Å². The normalized spacial score (nSPS) is 19.1. The number of hydrogen-bond acceptors (Lipinski definition) is 3. The van der Waals surface area contributed by atoms with Gasteiger partial charge in [0.25, 0.3) is 0 Å². The summed E-state index contributed by atoms with van der Waals surface area (Å²) in [5.74, 6) is -0.108. The van der Waals surface area contributed by atoms with E-state index in [4.69, 9.17) is 0 Å². The number of thiophene rings is 1. The third-order valence-corrected chi connectivity index (χ3v) is 4.45. The van der Waals surface area contributed by atoms with Crippen LogP contribution in [0.15, 0.2) is 35.7 Å². The molecule has 0 spiro atoms. The van der Waals surface area contributed by atoms with Crippen molar-refractivity contribution in [2.24, 2.45) is 0 Å². The summed E-state index contributed by atoms with van der Waals surface area (Å²) in [5, 5.41) is 15.1. The molecule has 0 saturated heterocycles. The highest BCUT2D eigenvalue weighted by Crippen LogP contribution is 2.34. The molecule has 4 heteroatoms. The van der Waals surface area contributed by atoms with Crippen LogP contribution >= 0.6 is 11.3 Å². The number of anilines is 1. The van der Waals surface area contributed by atoms with Crippen molar-refractivity contribution in [3.8, 4) is 0 Å². The Morgan fingerprint density at radius 3 is 3.00 bits per heavy atom. The van der Waals surface area contributed by atoms with E-state index < -0.39 is 6.10 Å². The number of carbonyl (C=O) groups excluding carboxylic acids is 1. The minimum absolute atomic E-state index is 0.0277. The van der Waals surface area contributed by atoms with E-state index in [1.807, 2.05) is 42.6 Å². The minimum atomic E-state index is -0.521. The summed E-state index contributed by atoms with van der Waals surface area (Å²) in [6.45, 7) is 1.89. The molecule has 2 atom stereocenters. The van der Waals surface area contributed by atoms with Gasteiger partial charge in [-0.3, -0.25) is 4.79 Å². The van der Waals surface area contributed by atoms with Gasteiger partial charge in [-0.2, -0.15) is 0 Å². The highest BCUT2D eigenvalue weighted by Gasteiger charge is 2.27. The predicted octanol–water partition coefficient (Wildman–Crippen LogP) is 3.08. The van der Waals surface area contributed by atoms with Crippen LogP contribution in [-0.2, 0) is 11.2 Å². The molecule has 19 heavy (non-hydrogen) atoms. The highest BCUT2D eigenvalue weighted by atomic mass is 32.1. The second-order valence-electron chi connectivity index (χ2n) is 4.86. The smallest absolute Gasteiger partial charge is 0.231 e. The number of nitrogens with one attached hydrogen (secondary N) is 1. The van der Waals surface area contributed by atoms with Gasteiger partial charge in [0.05, 0.1) is 12.0 Å². The fourth-order valence-corrected chi connectivity index (χ4v) is 3.12. The first-order valence-electron chi connectivity index (χ1n) is 6.30. The number of carbonyl (C=O) groups is 1. The average molecular weight is 273 g/mol. The molecule has 0 saturated carbocycles. The molecule has 0 fully saturated rings. The Hall–Kier alpha value is -1.65. The molecule has 2 aromatic rings. The van der Waals surface area contributed by atoms with E-state index >= 15 is 0 Å². The topological polar surface area (TPSA) is 49.3 Å². The summed E-state index contributed by atoms with van der Waals surface area (Å²) in [6.07, 6.45) is 0.0958. The first-order valence-corrected chi connectivity index (χ1v) is 7.18. The van der Waals surface area contributed by atoms with Crippen LogP contribution in [0.4, 0.5) is 5.69 Å². The standard InChI is InChI=1S/C15H15NO2S/c1-9-12-7-10(4-5-13(12)16-15(9)18)14(17)8-11-3-2-6-19-11/h2-7,9,14,17H,8H2,1H3,(H,16,18). The second kappa shape index (κ2) is 4.79. The maximum absolute atomic E-state index is 11.6. The van der Waals surface area contributed by atoms with E-state index in [9.17, 15) is 9.90 Å². The monoisotopic (exact) mass is 273 g/mol. The first-order chi connectivity index (χ1) is 9.15. The fraction of sp³-hybridized carbons (Fsp3) is 0.267. The number of amides is 1. The molecule has 3 rings (SSSR count). The summed E-state index contributed by atoms with van der Waals surface area (Å²) in [4.78, 5) is 12.8. The molecule has 1 aromatic heterocycles. The van der Waals surface area contributed by atoms with Gasteiger partial charge < -0.3 is 10.4 Å². The average Bonchev–Trinajstić information content (AvgIpc) is 2.99. The van der Waals surface area contributed by atoms with Gasteiger partial charge in [0.1, 0.15) is 0 Å². The molecule has 3 nitrogen and oxygen atoms in total. The third kappa shape index (κ3) is 2.29. The van der Waals surface area contributed by atoms with Crippen LogP contribution in [-0.4, -0.2) is 11.0 Å². The zero-order valence-corrected chi connectivity index (χ0v) is 11.4. The lowest BCUT2D eigenvalue weighted by molar-refractivity contribution is -0.116. The van der Waals surface area contributed by atoms with Crippen molar-refractivity contribution < 1.29 is 9.90 Å². The molecule has 1 amide bonds. The molecule has 1 aliphatic rings. The van der Waals surface area contributed by atoms with Crippen LogP contribution in [0.5, 0.6) is 0 Å². The molecule has 2 heterocycles. The number of aliphatic hydroxyl groups is 1. The number of hydrogen-bond donors (Lipinski definition) is 2. The maximum atomic E-state index is 11.6. The van der Waals surface area contributed by atoms with E-state index in [1.54, 1.807) is 11.3 Å². The van der Waals surface area contributed by atoms with Crippen LogP contribution in [0.25, 0.3) is 0 Å². The molecule has 0 bridgehead atoms. The van der Waals surface area contributed by atoms with E-state index in [1.165, 1.54) is 0 Å². The van der Waals surface area contributed by atoms with Gasteiger partial charge in [-0.25, -0.2) is 0 Å². The Labute approximate surface area is 115 Å². The van der Waals surface area contributed by atoms with Gasteiger partial charge in [-0.1, -0.05) is 18.2 Å². The molecular weight excluding hydrogens is 258 g/mol. The van der Waals surface area contributed by atoms with Gasteiger partial charge in [0, 0.05) is 17.0 Å². The summed E-state index contributed by atoms with van der Waals surface area (Å²) in [6, 6.07) is 9.71. The van der Waals surface area contributed by atoms with E-state index in [0.717, 1.165) is 21.7 Å². The molecule has 1 aliphatic heterocycles. The maximum Gasteiger partial charge on any atom is 0.231 e. The highest BCUT2D eigenvalue weighted by molar-refractivity contribution is 7.09. The number of fused-ring (bicyclic) bond motifs is 1. The quantitative estimate of drug-likeness (QED) is 0.903. The van der Waals surface area contributed by atoms with Crippen LogP contribution in [0, 0.1) is 0 Å². The van der Waals surface area contributed by atoms with Gasteiger partial charge in [-0.05, 0) is 35.6 Å². The number of rotatable bonds is 3. The van der Waals surface area contributed by atoms with Crippen LogP contribution < -0.4 is 5.32 Å². The molecule has 2 N–H and O–H groups in total. The van der Waals surface area contributed by atoms with Crippen LogP contribution in [0.1, 0.15) is 34.9 Å². The van der Waals surface area contributed by atoms with Crippen molar-refractivity contribution >= 4 is 22.9 Å². The molecule has 98 valence electrons. The SMILES string of the molecule is CC1C(=O)Nc2ccc(C(O)Cc3cccs3)cc21. The molecular formula is C15H15NO2S. The van der Waals surface area contributed by atoms with E-state index in [0.29, 0.717) is 6.42 Å². The van der Waals surface area contributed by atoms with E-state index in [-0.39, 0.29) is 11.8 Å². The summed E-state index contributed by atoms with van der Waals surface area (Å²) in [5.41, 5.74) is 2.72. The summed E-state index contributed by atoms with van der Waals surface area (Å²) >= 11 is 1.65. The Balaban J connectivity index is 1.85. The lowest BCUT2D eigenvalue weighted by Gasteiger charge is -2.12. The zero-order valence-electron chi connectivity index (χ0n) is 10.6. The van der Waals surface area contributed by atoms with Crippen LogP contribution in [0.3, 0.4) is 0 Å². The van der Waals surface area contributed by atoms with Gasteiger partial charge in [0.15, 0.2) is 0 Å². The number of aliphatic hydroxyl groups excluding tert-OH is 1. The molecule has 1 aromatic carbocycles. The first kappa shape index (κ1) is 12.4. The van der Waals surface area contributed by atoms with Crippen molar-refractivity contribution in [1.82, 2.24) is 0 Å². The van der Waals surface area contributed by atoms with Crippen molar-refractivity contribution in [3.05, 3.63) is 51.7 Å². The fourth-order valence-electron chi connectivity index (χ4n) is 2.38. The minimum Gasteiger partial charge on any atom is -0.388 e. The molecule has 0 aliphatic carbocycles. The lowest BCUT2D eigenvalue weighted by atomic mass is 9.97.